The van der Waals surface area contributed by atoms with Gasteiger partial charge in [0, 0.05) is 18.5 Å². The molecule has 5 heterocycles. The van der Waals surface area contributed by atoms with Crippen LogP contribution in [0.5, 0.6) is 0 Å². The van der Waals surface area contributed by atoms with E-state index in [-0.39, 0.29) is 10.7 Å². The number of fused-ring (bicyclic) bond motifs is 4. The molecule has 1 aromatic carbocycles. The molecule has 0 saturated carbocycles. The van der Waals surface area contributed by atoms with Gasteiger partial charge in [0.15, 0.2) is 17.7 Å². The molecule has 34 heavy (non-hydrogen) atoms. The predicted octanol–water partition coefficient (Wildman–Crippen LogP) is 3.03. The summed E-state index contributed by atoms with van der Waals surface area (Å²) in [5.41, 5.74) is 3.63. The van der Waals surface area contributed by atoms with Crippen LogP contribution in [-0.4, -0.2) is 63.5 Å². The first kappa shape index (κ1) is 21.0. The number of hydrogen-bond donors (Lipinski definition) is 0. The second kappa shape index (κ2) is 7.11. The average molecular weight is 483 g/mol. The van der Waals surface area contributed by atoms with E-state index in [4.69, 9.17) is 25.8 Å². The van der Waals surface area contributed by atoms with Crippen LogP contribution in [0.4, 0.5) is 5.82 Å². The van der Waals surface area contributed by atoms with Gasteiger partial charge in [-0.2, -0.15) is 15.1 Å². The summed E-state index contributed by atoms with van der Waals surface area (Å²) in [7, 11) is 0. The van der Waals surface area contributed by atoms with Gasteiger partial charge in [0.25, 0.3) is 0 Å². The van der Waals surface area contributed by atoms with Crippen LogP contribution in [0.1, 0.15) is 37.6 Å². The summed E-state index contributed by atoms with van der Waals surface area (Å²) in [5, 5.41) is 17.3. The van der Waals surface area contributed by atoms with Crippen LogP contribution in [-0.2, 0) is 31.2 Å². The van der Waals surface area contributed by atoms with Gasteiger partial charge in [-0.05, 0) is 49.4 Å². The van der Waals surface area contributed by atoms with E-state index in [2.05, 4.69) is 44.2 Å². The van der Waals surface area contributed by atoms with Crippen molar-refractivity contribution < 1.29 is 19.3 Å². The number of halogens is 1. The van der Waals surface area contributed by atoms with Gasteiger partial charge in [-0.15, -0.1) is 0 Å². The zero-order valence-corrected chi connectivity index (χ0v) is 19.7. The summed E-state index contributed by atoms with van der Waals surface area (Å²) in [6.07, 6.45) is 1.84. The fraction of sp³-hybridized carbons (Fsp3) is 0.542. The minimum Gasteiger partial charge on any atom is -0.354 e. The fourth-order valence-corrected chi connectivity index (χ4v) is 6.39. The molecule has 177 valence electrons. The van der Waals surface area contributed by atoms with E-state index in [0.717, 1.165) is 37.1 Å². The van der Waals surface area contributed by atoms with E-state index in [1.165, 1.54) is 11.1 Å². The third-order valence-corrected chi connectivity index (χ3v) is 7.85. The van der Waals surface area contributed by atoms with E-state index in [0.29, 0.717) is 5.65 Å². The molecule has 1 radical (unpaired) electrons. The maximum Gasteiger partial charge on any atom is 0.226 e. The van der Waals surface area contributed by atoms with Gasteiger partial charge in [-0.1, -0.05) is 24.3 Å². The maximum atomic E-state index is 11.8. The van der Waals surface area contributed by atoms with Gasteiger partial charge in [0.1, 0.15) is 30.7 Å². The zero-order chi connectivity index (χ0) is 23.2. The summed E-state index contributed by atoms with van der Waals surface area (Å²) < 4.78 is 19.7. The van der Waals surface area contributed by atoms with Crippen LogP contribution in [0, 0.1) is 0 Å². The molecule has 0 bridgehead atoms. The SMILES string of the molecule is CC1(C)O[C@@H]2[C@H](O1)[C@@H](C[O])O[C@H]2n1ncc2c(N3CC4(CCc5ccccc54)C3)nc(Cl)nc21. The van der Waals surface area contributed by atoms with Crippen LogP contribution >= 0.6 is 11.6 Å². The highest BCUT2D eigenvalue weighted by Gasteiger charge is 2.56. The molecular weight excluding hydrogens is 458 g/mol. The number of anilines is 1. The molecule has 3 aromatic rings. The Labute approximate surface area is 201 Å². The molecule has 7 rings (SSSR count). The molecule has 10 heteroatoms. The summed E-state index contributed by atoms with van der Waals surface area (Å²) in [6, 6.07) is 8.73. The minimum atomic E-state index is -0.797. The van der Waals surface area contributed by atoms with Crippen molar-refractivity contribution in [3.05, 3.63) is 46.9 Å². The van der Waals surface area contributed by atoms with Crippen molar-refractivity contribution in [2.75, 3.05) is 24.6 Å². The van der Waals surface area contributed by atoms with Crippen molar-refractivity contribution in [3.63, 3.8) is 0 Å². The number of aromatic nitrogens is 4. The average Bonchev–Trinajstić information content (AvgIpc) is 3.52. The van der Waals surface area contributed by atoms with Crippen molar-refractivity contribution >= 4 is 28.5 Å². The van der Waals surface area contributed by atoms with E-state index in [1.54, 1.807) is 10.9 Å². The predicted molar refractivity (Wildman–Crippen MR) is 122 cm³/mol. The van der Waals surface area contributed by atoms with Crippen LogP contribution in [0.3, 0.4) is 0 Å². The Kier molecular flexibility index (Phi) is 4.40. The normalized spacial score (nSPS) is 30.6. The zero-order valence-electron chi connectivity index (χ0n) is 19.0. The quantitative estimate of drug-likeness (QED) is 0.529. The molecule has 9 nitrogen and oxygen atoms in total. The van der Waals surface area contributed by atoms with Crippen molar-refractivity contribution in [3.8, 4) is 0 Å². The lowest BCUT2D eigenvalue weighted by molar-refractivity contribution is -0.202. The molecule has 2 aromatic heterocycles. The van der Waals surface area contributed by atoms with E-state index < -0.39 is 36.9 Å². The van der Waals surface area contributed by atoms with Gasteiger partial charge >= 0.3 is 0 Å². The Bertz CT molecular complexity index is 1290. The van der Waals surface area contributed by atoms with Crippen molar-refractivity contribution in [2.24, 2.45) is 0 Å². The fourth-order valence-electron chi connectivity index (χ4n) is 6.23. The van der Waals surface area contributed by atoms with Gasteiger partial charge in [-0.3, -0.25) is 0 Å². The second-order valence-electron chi connectivity index (χ2n) is 10.2. The molecule has 0 unspecified atom stereocenters. The molecule has 3 saturated heterocycles. The van der Waals surface area contributed by atoms with Gasteiger partial charge in [-0.25, -0.2) is 9.79 Å². The van der Waals surface area contributed by atoms with E-state index >= 15 is 0 Å². The van der Waals surface area contributed by atoms with Crippen molar-refractivity contribution in [1.82, 2.24) is 19.7 Å². The van der Waals surface area contributed by atoms with Crippen LogP contribution in [0.15, 0.2) is 30.5 Å². The largest absolute Gasteiger partial charge is 0.354 e. The minimum absolute atomic E-state index is 0.149. The summed E-state index contributed by atoms with van der Waals surface area (Å²) in [5.74, 6) is -0.0233. The van der Waals surface area contributed by atoms with Crippen molar-refractivity contribution in [1.29, 1.82) is 0 Å². The highest BCUT2D eigenvalue weighted by molar-refractivity contribution is 6.28. The monoisotopic (exact) mass is 482 g/mol. The summed E-state index contributed by atoms with van der Waals surface area (Å²) in [4.78, 5) is 11.3. The van der Waals surface area contributed by atoms with Crippen LogP contribution in [0.25, 0.3) is 11.0 Å². The van der Waals surface area contributed by atoms with E-state index in [1.807, 2.05) is 13.8 Å². The molecule has 0 amide bonds. The Morgan fingerprint density at radius 3 is 2.76 bits per heavy atom. The topological polar surface area (TPSA) is 94.4 Å². The lowest BCUT2D eigenvalue weighted by atomic mass is 9.75. The van der Waals surface area contributed by atoms with Crippen molar-refractivity contribution in [2.45, 2.75) is 62.4 Å². The lowest BCUT2D eigenvalue weighted by Gasteiger charge is -2.49. The molecule has 0 N–H and O–H groups in total. The maximum absolute atomic E-state index is 11.8. The molecule has 4 atom stereocenters. The van der Waals surface area contributed by atoms with Crippen LogP contribution in [0.2, 0.25) is 5.28 Å². The van der Waals surface area contributed by atoms with E-state index in [9.17, 15) is 5.11 Å². The Morgan fingerprint density at radius 2 is 1.94 bits per heavy atom. The Morgan fingerprint density at radius 1 is 1.15 bits per heavy atom. The van der Waals surface area contributed by atoms with Crippen LogP contribution < -0.4 is 4.90 Å². The molecule has 3 fully saturated rings. The summed E-state index contributed by atoms with van der Waals surface area (Å²) >= 11 is 6.39. The van der Waals surface area contributed by atoms with Gasteiger partial charge in [0.2, 0.25) is 5.28 Å². The number of ether oxygens (including phenoxy) is 3. The highest BCUT2D eigenvalue weighted by atomic mass is 35.5. The number of rotatable bonds is 3. The number of hydrogen-bond acceptors (Lipinski definition) is 7. The first-order valence-corrected chi connectivity index (χ1v) is 12.1. The van der Waals surface area contributed by atoms with Gasteiger partial charge < -0.3 is 19.1 Å². The second-order valence-corrected chi connectivity index (χ2v) is 10.6. The molecule has 1 spiro atoms. The third kappa shape index (κ3) is 2.91. The number of benzene rings is 1. The standard InChI is InChI=1S/C24H25ClN5O4/c1-23(2)33-17-16(10-31)32-21(18(17)34-23)30-20-14(9-26-30)19(27-22(25)28-20)29-11-24(12-29)8-7-13-5-3-4-6-15(13)24/h3-6,9,16-18,21H,7-8,10-12H2,1-2H3/t16-,17-,18-,21-/m1/s1. The number of aryl methyl sites for hydroxylation is 1. The first-order valence-electron chi connectivity index (χ1n) is 11.7. The smallest absolute Gasteiger partial charge is 0.226 e. The Balaban J connectivity index is 1.23. The van der Waals surface area contributed by atoms with Gasteiger partial charge in [0.05, 0.1) is 11.6 Å². The summed E-state index contributed by atoms with van der Waals surface area (Å²) in [6.45, 7) is 5.01. The Hall–Kier alpha value is -2.30. The number of nitrogens with zero attached hydrogens (tertiary/aromatic N) is 5. The third-order valence-electron chi connectivity index (χ3n) is 7.69. The highest BCUT2D eigenvalue weighted by Crippen LogP contribution is 2.48. The molecular formula is C24H25ClN5O4. The molecule has 3 aliphatic heterocycles. The molecule has 4 aliphatic rings. The first-order chi connectivity index (χ1) is 16.4. The lowest BCUT2D eigenvalue weighted by Crippen LogP contribution is -2.58. The molecule has 1 aliphatic carbocycles.